The van der Waals surface area contributed by atoms with Gasteiger partial charge in [0.05, 0.1) is 6.61 Å². The second-order valence-electron chi connectivity index (χ2n) is 4.64. The third kappa shape index (κ3) is 1.59. The average molecular weight is 216 g/mol. The van der Waals surface area contributed by atoms with Crippen LogP contribution in [0.15, 0.2) is 0 Å². The van der Waals surface area contributed by atoms with Gasteiger partial charge in [-0.1, -0.05) is 0 Å². The Morgan fingerprint density at radius 3 is 2.53 bits per heavy atom. The molecule has 3 heterocycles. The molecule has 0 aromatic carbocycles. The molecule has 0 aromatic heterocycles. The second-order valence-corrected chi connectivity index (χ2v) is 4.64. The predicted octanol–water partition coefficient (Wildman–Crippen LogP) is 0.277. The smallest absolute Gasteiger partial charge is 0.190 e. The van der Waals surface area contributed by atoms with Crippen LogP contribution in [0, 0.1) is 0 Å². The molecule has 0 unspecified atom stereocenters. The summed E-state index contributed by atoms with van der Waals surface area (Å²) in [6.07, 6.45) is -0.459. The molecule has 0 radical (unpaired) electrons. The molecule has 0 bridgehead atoms. The van der Waals surface area contributed by atoms with E-state index in [-0.39, 0.29) is 30.7 Å². The van der Waals surface area contributed by atoms with E-state index in [1.165, 1.54) is 0 Å². The van der Waals surface area contributed by atoms with Crippen molar-refractivity contribution in [3.63, 3.8) is 0 Å². The van der Waals surface area contributed by atoms with Crippen LogP contribution in [0.4, 0.5) is 0 Å². The maximum absolute atomic E-state index is 5.76. The van der Waals surface area contributed by atoms with Crippen LogP contribution in [-0.4, -0.2) is 50.2 Å². The third-order valence-electron chi connectivity index (χ3n) is 3.02. The zero-order valence-electron chi connectivity index (χ0n) is 9.14. The predicted molar refractivity (Wildman–Crippen MR) is 49.2 cm³/mol. The summed E-state index contributed by atoms with van der Waals surface area (Å²) in [5, 5.41) is 0. The van der Waals surface area contributed by atoms with Crippen LogP contribution in [0.2, 0.25) is 0 Å². The molecule has 0 saturated carbocycles. The highest BCUT2D eigenvalue weighted by Gasteiger charge is 2.58. The number of hydrogen-bond donors (Lipinski definition) is 0. The van der Waals surface area contributed by atoms with Crippen molar-refractivity contribution in [1.82, 2.24) is 0 Å². The molecule has 0 aromatic rings. The average Bonchev–Trinajstić information content (AvgIpc) is 2.86. The molecule has 3 fully saturated rings. The van der Waals surface area contributed by atoms with Crippen molar-refractivity contribution in [2.75, 3.05) is 13.7 Å². The van der Waals surface area contributed by atoms with Gasteiger partial charge in [0, 0.05) is 7.11 Å². The van der Waals surface area contributed by atoms with Crippen molar-refractivity contribution in [3.05, 3.63) is 0 Å². The van der Waals surface area contributed by atoms with Crippen molar-refractivity contribution in [2.45, 2.75) is 50.3 Å². The maximum atomic E-state index is 5.76. The molecule has 86 valence electrons. The largest absolute Gasteiger partial charge is 0.376 e. The fourth-order valence-electron chi connectivity index (χ4n) is 2.32. The van der Waals surface area contributed by atoms with Crippen molar-refractivity contribution in [1.29, 1.82) is 0 Å². The van der Waals surface area contributed by atoms with Gasteiger partial charge in [0.1, 0.15) is 24.4 Å². The summed E-state index contributed by atoms with van der Waals surface area (Å²) in [5.74, 6) is -0.582. The quantitative estimate of drug-likeness (QED) is 0.620. The SMILES string of the molecule is CO[C@@H]1[C@H]2OC(C)(C)O[C@H]2O[C@@H]1[C@@H]1CO1. The Morgan fingerprint density at radius 1 is 1.20 bits per heavy atom. The molecule has 0 amide bonds. The van der Waals surface area contributed by atoms with E-state index in [4.69, 9.17) is 23.7 Å². The van der Waals surface area contributed by atoms with E-state index in [0.29, 0.717) is 0 Å². The van der Waals surface area contributed by atoms with Crippen molar-refractivity contribution in [2.24, 2.45) is 0 Å². The molecule has 0 spiro atoms. The normalized spacial score (nSPS) is 51.8. The highest BCUT2D eigenvalue weighted by Crippen LogP contribution is 2.41. The molecule has 3 rings (SSSR count). The highest BCUT2D eigenvalue weighted by atomic mass is 16.8. The lowest BCUT2D eigenvalue weighted by Gasteiger charge is -2.23. The number of ether oxygens (including phenoxy) is 5. The third-order valence-corrected chi connectivity index (χ3v) is 3.02. The Balaban J connectivity index is 1.76. The van der Waals surface area contributed by atoms with Crippen molar-refractivity contribution in [3.8, 4) is 0 Å². The molecule has 0 aliphatic carbocycles. The summed E-state index contributed by atoms with van der Waals surface area (Å²) in [5.41, 5.74) is 0. The number of hydrogen-bond acceptors (Lipinski definition) is 5. The zero-order chi connectivity index (χ0) is 10.6. The molecule has 5 atom stereocenters. The van der Waals surface area contributed by atoms with Gasteiger partial charge in [-0.2, -0.15) is 0 Å². The van der Waals surface area contributed by atoms with Gasteiger partial charge in [-0.25, -0.2) is 0 Å². The molecule has 0 N–H and O–H groups in total. The van der Waals surface area contributed by atoms with Crippen LogP contribution in [-0.2, 0) is 23.7 Å². The van der Waals surface area contributed by atoms with Gasteiger partial charge < -0.3 is 23.7 Å². The summed E-state index contributed by atoms with van der Waals surface area (Å²) < 4.78 is 27.8. The van der Waals surface area contributed by atoms with E-state index in [0.717, 1.165) is 6.61 Å². The van der Waals surface area contributed by atoms with Crippen LogP contribution in [0.1, 0.15) is 13.8 Å². The summed E-state index contributed by atoms with van der Waals surface area (Å²) in [6, 6.07) is 0. The van der Waals surface area contributed by atoms with Crippen LogP contribution in [0.3, 0.4) is 0 Å². The Labute approximate surface area is 88.6 Å². The first-order chi connectivity index (χ1) is 7.11. The van der Waals surface area contributed by atoms with E-state index < -0.39 is 5.79 Å². The van der Waals surface area contributed by atoms with Crippen molar-refractivity contribution < 1.29 is 23.7 Å². The monoisotopic (exact) mass is 216 g/mol. The van der Waals surface area contributed by atoms with Crippen LogP contribution in [0.25, 0.3) is 0 Å². The molecule has 3 aliphatic rings. The van der Waals surface area contributed by atoms with E-state index in [9.17, 15) is 0 Å². The van der Waals surface area contributed by atoms with Crippen LogP contribution in [0.5, 0.6) is 0 Å². The van der Waals surface area contributed by atoms with Crippen LogP contribution < -0.4 is 0 Å². The molecule has 3 aliphatic heterocycles. The van der Waals surface area contributed by atoms with Gasteiger partial charge in [-0.3, -0.25) is 0 Å². The van der Waals surface area contributed by atoms with Gasteiger partial charge in [-0.15, -0.1) is 0 Å². The number of epoxide rings is 1. The van der Waals surface area contributed by atoms with Gasteiger partial charge in [-0.05, 0) is 13.8 Å². The topological polar surface area (TPSA) is 49.5 Å². The summed E-state index contributed by atoms with van der Waals surface area (Å²) in [7, 11) is 1.67. The molecular formula is C10H16O5. The van der Waals surface area contributed by atoms with Gasteiger partial charge >= 0.3 is 0 Å². The first-order valence-electron chi connectivity index (χ1n) is 5.26. The zero-order valence-corrected chi connectivity index (χ0v) is 9.14. The van der Waals surface area contributed by atoms with Gasteiger partial charge in [0.15, 0.2) is 12.1 Å². The van der Waals surface area contributed by atoms with E-state index in [2.05, 4.69) is 0 Å². The van der Waals surface area contributed by atoms with E-state index >= 15 is 0 Å². The first-order valence-corrected chi connectivity index (χ1v) is 5.26. The molecule has 15 heavy (non-hydrogen) atoms. The molecular weight excluding hydrogens is 200 g/mol. The van der Waals surface area contributed by atoms with Gasteiger partial charge in [0.2, 0.25) is 0 Å². The number of fused-ring (bicyclic) bond motifs is 1. The minimum Gasteiger partial charge on any atom is -0.376 e. The first kappa shape index (κ1) is 9.99. The fourth-order valence-corrected chi connectivity index (χ4v) is 2.32. The Bertz CT molecular complexity index is 263. The van der Waals surface area contributed by atoms with E-state index in [1.807, 2.05) is 13.8 Å². The molecule has 3 saturated heterocycles. The lowest BCUT2D eigenvalue weighted by Crippen LogP contribution is -2.38. The standard InChI is InChI=1S/C10H16O5/c1-10(2)14-8-7(11-3)6(5-4-12-5)13-9(8)15-10/h5-9H,4H2,1-3H3/t5-,6+,7-,8+,9+/m0/s1. The van der Waals surface area contributed by atoms with E-state index in [1.54, 1.807) is 7.11 Å². The highest BCUT2D eigenvalue weighted by molar-refractivity contribution is 4.99. The fraction of sp³-hybridized carbons (Fsp3) is 1.00. The lowest BCUT2D eigenvalue weighted by atomic mass is 10.1. The van der Waals surface area contributed by atoms with Crippen molar-refractivity contribution >= 4 is 0 Å². The minimum atomic E-state index is -0.582. The summed E-state index contributed by atoms with van der Waals surface area (Å²) in [4.78, 5) is 0. The Hall–Kier alpha value is -0.200. The lowest BCUT2D eigenvalue weighted by molar-refractivity contribution is -0.218. The van der Waals surface area contributed by atoms with Crippen LogP contribution >= 0.6 is 0 Å². The Kier molecular flexibility index (Phi) is 2.10. The molecule has 5 nitrogen and oxygen atoms in total. The summed E-state index contributed by atoms with van der Waals surface area (Å²) >= 11 is 0. The number of methoxy groups -OCH3 is 1. The maximum Gasteiger partial charge on any atom is 0.190 e. The summed E-state index contributed by atoms with van der Waals surface area (Å²) in [6.45, 7) is 4.50. The molecule has 5 heteroatoms. The van der Waals surface area contributed by atoms with Gasteiger partial charge in [0.25, 0.3) is 0 Å². The Morgan fingerprint density at radius 2 is 1.93 bits per heavy atom. The number of rotatable bonds is 2. The minimum absolute atomic E-state index is 0.0545. The second kappa shape index (κ2) is 3.15.